The molecule has 2 bridgehead atoms. The third-order valence-electron chi connectivity index (χ3n) is 20.8. The zero-order valence-corrected chi connectivity index (χ0v) is 41.8. The average Bonchev–Trinajstić information content (AvgIpc) is 4.20. The predicted octanol–water partition coefficient (Wildman–Crippen LogP) is 17.4. The van der Waals surface area contributed by atoms with Gasteiger partial charge in [-0.3, -0.25) is 9.59 Å². The van der Waals surface area contributed by atoms with Crippen molar-refractivity contribution in [3.63, 3.8) is 0 Å². The molecule has 0 saturated heterocycles. The van der Waals surface area contributed by atoms with Crippen LogP contribution < -0.4 is 0 Å². The van der Waals surface area contributed by atoms with Crippen molar-refractivity contribution in [2.75, 3.05) is 0 Å². The lowest BCUT2D eigenvalue weighted by Crippen LogP contribution is -2.29. The molecule has 10 aromatic rings. The van der Waals surface area contributed by atoms with Crippen LogP contribution in [0.5, 0.6) is 0 Å². The summed E-state index contributed by atoms with van der Waals surface area (Å²) in [6.07, 6.45) is 14.8. The lowest BCUT2D eigenvalue weighted by atomic mass is 9.70. The predicted molar refractivity (Wildman–Crippen MR) is 287 cm³/mol. The molecule has 16 rings (SSSR count). The van der Waals surface area contributed by atoms with Crippen LogP contribution in [0.4, 0.5) is 0 Å². The first-order valence-electron chi connectivity index (χ1n) is 27.1. The van der Waals surface area contributed by atoms with Crippen LogP contribution in [0.15, 0.2) is 78.9 Å². The second-order valence-electron chi connectivity index (χ2n) is 24.2. The van der Waals surface area contributed by atoms with E-state index in [1.54, 1.807) is 0 Å². The van der Waals surface area contributed by atoms with Gasteiger partial charge in [0.05, 0.1) is 33.1 Å². The Morgan fingerprint density at radius 1 is 0.522 bits per heavy atom. The maximum atomic E-state index is 15.4. The van der Waals surface area contributed by atoms with Crippen LogP contribution in [-0.2, 0) is 16.2 Å². The van der Waals surface area contributed by atoms with Crippen molar-refractivity contribution in [1.82, 2.24) is 8.80 Å². The minimum Gasteiger partial charge on any atom is -0.308 e. The van der Waals surface area contributed by atoms with Crippen molar-refractivity contribution >= 4 is 87.8 Å². The zero-order valence-electron chi connectivity index (χ0n) is 41.8. The summed E-state index contributed by atoms with van der Waals surface area (Å²) in [4.78, 5) is 29.9. The van der Waals surface area contributed by atoms with E-state index in [0.717, 1.165) is 80.9 Å². The molecule has 4 heterocycles. The molecule has 0 amide bonds. The molecule has 2 saturated carbocycles. The number of carbonyl (C=O) groups excluding carboxylic acids is 2. The number of nitrogens with zero attached hydrogens (tertiary/aromatic N) is 2. The maximum absolute atomic E-state index is 15.4. The molecule has 6 aliphatic rings. The minimum absolute atomic E-state index is 0.0321. The number of aromatic nitrogens is 2. The molecule has 69 heavy (non-hydrogen) atoms. The smallest absolute Gasteiger partial charge is 0.169 e. The molecule has 6 aromatic carbocycles. The minimum atomic E-state index is -0.347. The van der Waals surface area contributed by atoms with Crippen LogP contribution in [0.25, 0.3) is 87.3 Å². The molecule has 0 atom stereocenters. The number of carbonyl (C=O) groups is 2. The molecular weight excluding hydrogens is 841 g/mol. The number of fused-ring (bicyclic) bond motifs is 21. The summed E-state index contributed by atoms with van der Waals surface area (Å²) in [6.45, 7) is 16.3. The molecule has 0 aliphatic heterocycles. The van der Waals surface area contributed by atoms with Crippen molar-refractivity contribution < 1.29 is 9.59 Å². The van der Waals surface area contributed by atoms with E-state index in [2.05, 4.69) is 136 Å². The van der Waals surface area contributed by atoms with Crippen molar-refractivity contribution in [2.24, 2.45) is 11.3 Å². The van der Waals surface area contributed by atoms with Gasteiger partial charge in [0.2, 0.25) is 0 Å². The molecule has 4 heteroatoms. The van der Waals surface area contributed by atoms with Crippen LogP contribution in [0.3, 0.4) is 0 Å². The Balaban J connectivity index is 1.14. The van der Waals surface area contributed by atoms with Gasteiger partial charge in [-0.15, -0.1) is 0 Å². The van der Waals surface area contributed by atoms with Crippen molar-refractivity contribution in [2.45, 2.75) is 161 Å². The van der Waals surface area contributed by atoms with Crippen molar-refractivity contribution in [3.05, 3.63) is 118 Å². The zero-order chi connectivity index (χ0) is 46.8. The number of Topliss-reactive ketones (excluding diaryl/α,β-unsaturated/α-hetero) is 2. The Morgan fingerprint density at radius 3 is 1.78 bits per heavy atom. The summed E-state index contributed by atoms with van der Waals surface area (Å²) < 4.78 is 5.20. The van der Waals surface area contributed by atoms with Crippen LogP contribution in [0, 0.1) is 11.3 Å². The highest BCUT2D eigenvalue weighted by Crippen LogP contribution is 2.62. The second-order valence-corrected chi connectivity index (χ2v) is 24.2. The highest BCUT2D eigenvalue weighted by atomic mass is 16.1. The lowest BCUT2D eigenvalue weighted by Gasteiger charge is -2.33. The summed E-state index contributed by atoms with van der Waals surface area (Å²) in [7, 11) is 0. The monoisotopic (exact) mass is 904 g/mol. The Bertz CT molecular complexity index is 3930. The molecule has 2 fully saturated rings. The summed E-state index contributed by atoms with van der Waals surface area (Å²) in [5.41, 5.74) is 18.6. The van der Waals surface area contributed by atoms with E-state index < -0.39 is 0 Å². The molecule has 346 valence electrons. The summed E-state index contributed by atoms with van der Waals surface area (Å²) >= 11 is 0. The number of benzene rings is 6. The number of hydrogen-bond donors (Lipinski definition) is 0. The number of ketones is 2. The first-order valence-corrected chi connectivity index (χ1v) is 27.1. The molecule has 0 unspecified atom stereocenters. The Labute approximate surface area is 405 Å². The largest absolute Gasteiger partial charge is 0.308 e. The van der Waals surface area contributed by atoms with Gasteiger partial charge in [0.15, 0.2) is 11.6 Å². The molecular formula is C65H64N2O2. The van der Waals surface area contributed by atoms with E-state index in [0.29, 0.717) is 17.5 Å². The van der Waals surface area contributed by atoms with Gasteiger partial charge in [0, 0.05) is 71.0 Å². The quantitative estimate of drug-likeness (QED) is 0.165. The van der Waals surface area contributed by atoms with Crippen molar-refractivity contribution in [1.29, 1.82) is 0 Å². The molecule has 1 spiro atoms. The molecule has 0 N–H and O–H groups in total. The Kier molecular flexibility index (Phi) is 7.95. The SMILES string of the molecule is CCC1(CC)CCC(CC)(CC)c2cc3c4cc(C(C)(C)C)cc5c6cc7c(cc6n(c3cc2C1=O)c45)c1c2c(cc3c4cc5c(cc4n7c31)C(=O)C1CCC5CC1)-c1ccccc1C21CCCC1. The van der Waals surface area contributed by atoms with Gasteiger partial charge in [-0.25, -0.2) is 0 Å². The van der Waals surface area contributed by atoms with Crippen LogP contribution in [-0.4, -0.2) is 20.4 Å². The Morgan fingerprint density at radius 2 is 1.09 bits per heavy atom. The topological polar surface area (TPSA) is 43.0 Å². The van der Waals surface area contributed by atoms with Crippen LogP contribution >= 0.6 is 0 Å². The van der Waals surface area contributed by atoms with Gasteiger partial charge in [-0.2, -0.15) is 0 Å². The fourth-order valence-electron chi connectivity index (χ4n) is 16.7. The summed E-state index contributed by atoms with van der Waals surface area (Å²) in [6, 6.07) is 31.8. The lowest BCUT2D eigenvalue weighted by molar-refractivity contribution is 0.0753. The van der Waals surface area contributed by atoms with Crippen molar-refractivity contribution in [3.8, 4) is 11.1 Å². The molecule has 4 nitrogen and oxygen atoms in total. The van der Waals surface area contributed by atoms with E-state index in [4.69, 9.17) is 0 Å². The van der Waals surface area contributed by atoms with Gasteiger partial charge in [-0.05, 0) is 187 Å². The van der Waals surface area contributed by atoms with E-state index in [1.807, 2.05) is 0 Å². The van der Waals surface area contributed by atoms with Gasteiger partial charge >= 0.3 is 0 Å². The van der Waals surface area contributed by atoms with E-state index in [9.17, 15) is 4.79 Å². The van der Waals surface area contributed by atoms with Gasteiger partial charge in [-0.1, -0.05) is 85.6 Å². The third kappa shape index (κ3) is 4.79. The van der Waals surface area contributed by atoms with E-state index in [-0.39, 0.29) is 27.6 Å². The highest BCUT2D eigenvalue weighted by Gasteiger charge is 2.49. The van der Waals surface area contributed by atoms with Gasteiger partial charge in [0.1, 0.15) is 0 Å². The van der Waals surface area contributed by atoms with Gasteiger partial charge < -0.3 is 8.80 Å². The highest BCUT2D eigenvalue weighted by molar-refractivity contribution is 6.31. The maximum Gasteiger partial charge on any atom is 0.169 e. The fourth-order valence-corrected chi connectivity index (χ4v) is 16.7. The van der Waals surface area contributed by atoms with E-state index in [1.165, 1.54) is 135 Å². The normalized spacial score (nSPS) is 21.6. The molecule has 4 aromatic heterocycles. The first kappa shape index (κ1) is 41.1. The molecule has 6 aliphatic carbocycles. The average molecular weight is 905 g/mol. The van der Waals surface area contributed by atoms with Gasteiger partial charge in [0.25, 0.3) is 0 Å². The number of rotatable bonds is 4. The Hall–Kier alpha value is -5.74. The van der Waals surface area contributed by atoms with Crippen LogP contribution in [0.2, 0.25) is 0 Å². The van der Waals surface area contributed by atoms with E-state index >= 15 is 4.79 Å². The summed E-state index contributed by atoms with van der Waals surface area (Å²) in [5, 5.41) is 10.5. The molecule has 0 radical (unpaired) electrons. The second kappa shape index (κ2) is 13.4. The number of hydrogen-bond acceptors (Lipinski definition) is 2. The standard InChI is InChI=1S/C65H64N2O2/c1-8-63(9-2)24-25-64(10-3,11-4)61(69)48-33-53-41(30-51(48)63)44-26-37(62(5,6)7)27-45-42-31-55-49(34-54(42)66(53)58(44)45)56-57-43(38-16-12-13-17-50(38)65(57)22-14-15-23-65)29-46-40-28-39-35-18-20-36(21-19-35)60(68)47(39)32-52(40)67(55)59(46)56/h12-13,16-17,26-36H,8-11,14-15,18-25H2,1-7H3. The third-order valence-corrected chi connectivity index (χ3v) is 20.8. The fraction of sp³-hybridized carbons (Fsp3) is 0.415. The first-order chi connectivity index (χ1) is 33.4. The van der Waals surface area contributed by atoms with Crippen LogP contribution in [0.1, 0.15) is 193 Å². The summed E-state index contributed by atoms with van der Waals surface area (Å²) in [5.74, 6) is 1.32.